The molecule has 1 saturated carbocycles. The molecule has 152 valence electrons. The van der Waals surface area contributed by atoms with E-state index in [2.05, 4.69) is 60.6 Å². The van der Waals surface area contributed by atoms with E-state index in [0.717, 1.165) is 45.6 Å². The van der Waals surface area contributed by atoms with E-state index in [9.17, 15) is 4.79 Å². The van der Waals surface area contributed by atoms with Crippen LogP contribution >= 0.6 is 0 Å². The first-order valence-corrected chi connectivity index (χ1v) is 10.9. The van der Waals surface area contributed by atoms with Gasteiger partial charge in [0.05, 0.1) is 0 Å². The molecule has 2 atom stereocenters. The third kappa shape index (κ3) is 8.02. The molecule has 0 aromatic heterocycles. The van der Waals surface area contributed by atoms with Gasteiger partial charge in [-0.2, -0.15) is 0 Å². The zero-order chi connectivity index (χ0) is 19.5. The highest BCUT2D eigenvalue weighted by atomic mass is 16.1. The largest absolute Gasteiger partial charge is 0.352 e. The van der Waals surface area contributed by atoms with Crippen molar-refractivity contribution in [2.45, 2.75) is 66.0 Å². The van der Waals surface area contributed by atoms with Gasteiger partial charge in [-0.05, 0) is 29.9 Å². The minimum Gasteiger partial charge on any atom is -0.352 e. The standard InChI is InChI=1S/C20H31N3O.C3H8/c1-16-3-2-4-19(13-16)20(24)22-14-17-5-7-18(8-6-17)15-23-11-9-21-10-12-23;1-3-2/h5-8,16,19,21H,2-4,9-15H2,1H3,(H,22,24);3H2,1-2H3. The Kier molecular flexibility index (Phi) is 9.85. The summed E-state index contributed by atoms with van der Waals surface area (Å²) in [5.74, 6) is 1.16. The highest BCUT2D eigenvalue weighted by Crippen LogP contribution is 2.28. The first kappa shape index (κ1) is 21.9. The number of hydrogen-bond acceptors (Lipinski definition) is 3. The molecule has 1 aliphatic heterocycles. The molecule has 1 aromatic rings. The van der Waals surface area contributed by atoms with Gasteiger partial charge in [-0.1, -0.05) is 64.3 Å². The second-order valence-electron chi connectivity index (χ2n) is 8.24. The lowest BCUT2D eigenvalue weighted by Crippen LogP contribution is -2.42. The van der Waals surface area contributed by atoms with Gasteiger partial charge < -0.3 is 10.6 Å². The van der Waals surface area contributed by atoms with Crippen LogP contribution in [0.5, 0.6) is 0 Å². The molecule has 1 saturated heterocycles. The van der Waals surface area contributed by atoms with Crippen LogP contribution in [-0.2, 0) is 17.9 Å². The van der Waals surface area contributed by atoms with Crippen LogP contribution in [0.1, 0.15) is 64.0 Å². The SMILES string of the molecule is CC1CCCC(C(=O)NCc2ccc(CN3CCNCC3)cc2)C1.CCC. The fourth-order valence-electron chi connectivity index (χ4n) is 3.90. The lowest BCUT2D eigenvalue weighted by atomic mass is 9.82. The van der Waals surface area contributed by atoms with Gasteiger partial charge in [0.2, 0.25) is 5.91 Å². The first-order valence-electron chi connectivity index (χ1n) is 10.9. The quantitative estimate of drug-likeness (QED) is 0.821. The Morgan fingerprint density at radius 2 is 1.74 bits per heavy atom. The number of piperazine rings is 1. The normalized spacial score (nSPS) is 23.2. The molecule has 2 fully saturated rings. The van der Waals surface area contributed by atoms with Crippen molar-refractivity contribution in [2.75, 3.05) is 26.2 Å². The Bertz CT molecular complexity index is 537. The minimum atomic E-state index is 0.223. The number of carbonyl (C=O) groups is 1. The molecule has 0 radical (unpaired) electrons. The Morgan fingerprint density at radius 3 is 2.37 bits per heavy atom. The topological polar surface area (TPSA) is 44.4 Å². The van der Waals surface area contributed by atoms with Gasteiger partial charge in [0, 0.05) is 45.2 Å². The zero-order valence-corrected chi connectivity index (χ0v) is 17.6. The molecule has 2 aliphatic rings. The summed E-state index contributed by atoms with van der Waals surface area (Å²) < 4.78 is 0. The fourth-order valence-corrected chi connectivity index (χ4v) is 3.90. The van der Waals surface area contributed by atoms with Gasteiger partial charge in [-0.25, -0.2) is 0 Å². The van der Waals surface area contributed by atoms with Crippen LogP contribution in [0, 0.1) is 11.8 Å². The van der Waals surface area contributed by atoms with Crippen LogP contribution in [0.3, 0.4) is 0 Å². The van der Waals surface area contributed by atoms with Crippen molar-refractivity contribution < 1.29 is 4.79 Å². The molecule has 1 aliphatic carbocycles. The van der Waals surface area contributed by atoms with E-state index in [-0.39, 0.29) is 11.8 Å². The van der Waals surface area contributed by atoms with Crippen molar-refractivity contribution in [3.05, 3.63) is 35.4 Å². The van der Waals surface area contributed by atoms with Crippen LogP contribution in [0.2, 0.25) is 0 Å². The van der Waals surface area contributed by atoms with Crippen LogP contribution in [0.25, 0.3) is 0 Å². The molecular weight excluding hydrogens is 334 g/mol. The van der Waals surface area contributed by atoms with Crippen LogP contribution < -0.4 is 10.6 Å². The molecule has 0 bridgehead atoms. The molecule has 1 heterocycles. The Hall–Kier alpha value is -1.39. The highest BCUT2D eigenvalue weighted by Gasteiger charge is 2.24. The molecule has 2 unspecified atom stereocenters. The number of benzene rings is 1. The molecule has 4 heteroatoms. The van der Waals surface area contributed by atoms with E-state index < -0.39 is 0 Å². The maximum atomic E-state index is 12.3. The van der Waals surface area contributed by atoms with Gasteiger partial charge in [-0.3, -0.25) is 9.69 Å². The smallest absolute Gasteiger partial charge is 0.223 e. The maximum Gasteiger partial charge on any atom is 0.223 e. The fraction of sp³-hybridized carbons (Fsp3) is 0.696. The van der Waals surface area contributed by atoms with Gasteiger partial charge >= 0.3 is 0 Å². The zero-order valence-electron chi connectivity index (χ0n) is 17.6. The van der Waals surface area contributed by atoms with E-state index in [1.807, 2.05) is 0 Å². The van der Waals surface area contributed by atoms with E-state index in [1.165, 1.54) is 30.4 Å². The summed E-state index contributed by atoms with van der Waals surface area (Å²) in [6.45, 7) is 12.6. The molecule has 1 aromatic carbocycles. The van der Waals surface area contributed by atoms with Crippen LogP contribution in [-0.4, -0.2) is 37.0 Å². The molecule has 3 rings (SSSR count). The summed E-state index contributed by atoms with van der Waals surface area (Å²) in [6, 6.07) is 8.71. The number of hydrogen-bond donors (Lipinski definition) is 2. The Labute approximate surface area is 166 Å². The number of nitrogens with zero attached hydrogens (tertiary/aromatic N) is 1. The van der Waals surface area contributed by atoms with E-state index >= 15 is 0 Å². The lowest BCUT2D eigenvalue weighted by molar-refractivity contribution is -0.126. The van der Waals surface area contributed by atoms with Crippen molar-refractivity contribution in [3.8, 4) is 0 Å². The summed E-state index contributed by atoms with van der Waals surface area (Å²) in [4.78, 5) is 14.8. The van der Waals surface area contributed by atoms with Crippen molar-refractivity contribution in [1.29, 1.82) is 0 Å². The lowest BCUT2D eigenvalue weighted by Gasteiger charge is -2.27. The van der Waals surface area contributed by atoms with Gasteiger partial charge in [-0.15, -0.1) is 0 Å². The molecule has 0 spiro atoms. The van der Waals surface area contributed by atoms with Crippen molar-refractivity contribution in [2.24, 2.45) is 11.8 Å². The Morgan fingerprint density at radius 1 is 1.11 bits per heavy atom. The number of amides is 1. The van der Waals surface area contributed by atoms with Crippen molar-refractivity contribution >= 4 is 5.91 Å². The predicted octanol–water partition coefficient (Wildman–Crippen LogP) is 3.95. The first-order chi connectivity index (χ1) is 13.1. The summed E-state index contributed by atoms with van der Waals surface area (Å²) >= 11 is 0. The molecule has 27 heavy (non-hydrogen) atoms. The average Bonchev–Trinajstić information content (AvgIpc) is 2.69. The van der Waals surface area contributed by atoms with Crippen molar-refractivity contribution in [1.82, 2.24) is 15.5 Å². The third-order valence-electron chi connectivity index (χ3n) is 5.41. The average molecular weight is 374 g/mol. The third-order valence-corrected chi connectivity index (χ3v) is 5.41. The van der Waals surface area contributed by atoms with Crippen LogP contribution in [0.15, 0.2) is 24.3 Å². The highest BCUT2D eigenvalue weighted by molar-refractivity contribution is 5.78. The van der Waals surface area contributed by atoms with Gasteiger partial charge in [0.15, 0.2) is 0 Å². The molecule has 2 N–H and O–H groups in total. The van der Waals surface area contributed by atoms with Crippen molar-refractivity contribution in [3.63, 3.8) is 0 Å². The molecular formula is C23H39N3O. The number of nitrogens with one attached hydrogen (secondary N) is 2. The maximum absolute atomic E-state index is 12.3. The second kappa shape index (κ2) is 12.1. The van der Waals surface area contributed by atoms with E-state index in [1.54, 1.807) is 0 Å². The Balaban J connectivity index is 0.000000817. The summed E-state index contributed by atoms with van der Waals surface area (Å²) in [5.41, 5.74) is 2.55. The van der Waals surface area contributed by atoms with Crippen LogP contribution in [0.4, 0.5) is 0 Å². The number of carbonyl (C=O) groups excluding carboxylic acids is 1. The van der Waals surface area contributed by atoms with Gasteiger partial charge in [0.25, 0.3) is 0 Å². The molecule has 1 amide bonds. The number of rotatable bonds is 5. The summed E-state index contributed by atoms with van der Waals surface area (Å²) in [5, 5.41) is 6.52. The van der Waals surface area contributed by atoms with E-state index in [0.29, 0.717) is 12.5 Å². The predicted molar refractivity (Wildman–Crippen MR) is 114 cm³/mol. The summed E-state index contributed by atoms with van der Waals surface area (Å²) in [7, 11) is 0. The summed E-state index contributed by atoms with van der Waals surface area (Å²) in [6.07, 6.45) is 5.83. The monoisotopic (exact) mass is 373 g/mol. The molecule has 4 nitrogen and oxygen atoms in total. The second-order valence-corrected chi connectivity index (χ2v) is 8.24. The van der Waals surface area contributed by atoms with Gasteiger partial charge in [0.1, 0.15) is 0 Å². The minimum absolute atomic E-state index is 0.223. The van der Waals surface area contributed by atoms with E-state index in [4.69, 9.17) is 0 Å².